The minimum absolute atomic E-state index is 0.0129. The molecule has 0 fully saturated rings. The lowest BCUT2D eigenvalue weighted by Crippen LogP contribution is -2.36. The Labute approximate surface area is 121 Å². The van der Waals surface area contributed by atoms with E-state index in [-0.39, 0.29) is 18.1 Å². The topological polar surface area (TPSA) is 64.3 Å². The van der Waals surface area contributed by atoms with E-state index in [1.165, 1.54) is 5.56 Å². The van der Waals surface area contributed by atoms with Gasteiger partial charge in [-0.3, -0.25) is 4.79 Å². The zero-order valence-electron chi connectivity index (χ0n) is 12.8. The molecule has 1 amide bonds. The van der Waals surface area contributed by atoms with Gasteiger partial charge in [0.05, 0.1) is 18.6 Å². The van der Waals surface area contributed by atoms with E-state index in [4.69, 9.17) is 10.5 Å². The van der Waals surface area contributed by atoms with Gasteiger partial charge in [-0.1, -0.05) is 38.1 Å². The molecule has 0 aliphatic heterocycles. The van der Waals surface area contributed by atoms with Crippen LogP contribution in [0.2, 0.25) is 0 Å². The van der Waals surface area contributed by atoms with Crippen molar-refractivity contribution in [3.63, 3.8) is 0 Å². The van der Waals surface area contributed by atoms with Crippen molar-refractivity contribution < 1.29 is 9.53 Å². The van der Waals surface area contributed by atoms with Crippen LogP contribution in [0.25, 0.3) is 0 Å². The molecule has 0 bridgehead atoms. The molecule has 0 saturated heterocycles. The predicted octanol–water partition coefficient (Wildman–Crippen LogP) is 2.17. The molecule has 2 unspecified atom stereocenters. The van der Waals surface area contributed by atoms with Gasteiger partial charge in [-0.25, -0.2) is 0 Å². The van der Waals surface area contributed by atoms with Crippen molar-refractivity contribution in [3.8, 4) is 0 Å². The SMILES string of the molecule is COC(CN)CC(=O)NC(c1ccccc1C)C(C)C. The maximum atomic E-state index is 12.1. The highest BCUT2D eigenvalue weighted by molar-refractivity contribution is 5.77. The van der Waals surface area contributed by atoms with Crippen LogP contribution in [0.5, 0.6) is 0 Å². The number of ether oxygens (including phenoxy) is 1. The standard InChI is InChI=1S/C16H26N2O2/c1-11(2)16(14-8-6-5-7-12(14)3)18-15(19)9-13(10-17)20-4/h5-8,11,13,16H,9-10,17H2,1-4H3,(H,18,19). The molecule has 0 aliphatic carbocycles. The Morgan fingerprint density at radius 1 is 1.35 bits per heavy atom. The number of nitrogens with one attached hydrogen (secondary N) is 1. The third-order valence-electron chi connectivity index (χ3n) is 3.52. The van der Waals surface area contributed by atoms with E-state index in [0.717, 1.165) is 5.56 Å². The van der Waals surface area contributed by atoms with Crippen molar-refractivity contribution in [2.45, 2.75) is 39.3 Å². The average Bonchev–Trinajstić information content (AvgIpc) is 2.43. The number of hydrogen-bond donors (Lipinski definition) is 2. The molecule has 0 radical (unpaired) electrons. The Bertz CT molecular complexity index is 428. The number of methoxy groups -OCH3 is 1. The number of hydrogen-bond acceptors (Lipinski definition) is 3. The summed E-state index contributed by atoms with van der Waals surface area (Å²) in [7, 11) is 1.58. The van der Waals surface area contributed by atoms with E-state index in [1.807, 2.05) is 12.1 Å². The maximum absolute atomic E-state index is 12.1. The predicted molar refractivity (Wildman–Crippen MR) is 81.4 cm³/mol. The Hall–Kier alpha value is -1.39. The lowest BCUT2D eigenvalue weighted by Gasteiger charge is -2.25. The summed E-state index contributed by atoms with van der Waals surface area (Å²) in [6.07, 6.45) is 0.0712. The summed E-state index contributed by atoms with van der Waals surface area (Å²) < 4.78 is 5.16. The first kappa shape index (κ1) is 16.7. The number of rotatable bonds is 7. The molecule has 0 spiro atoms. The Morgan fingerprint density at radius 3 is 2.50 bits per heavy atom. The largest absolute Gasteiger partial charge is 0.380 e. The van der Waals surface area contributed by atoms with E-state index in [9.17, 15) is 4.79 Å². The van der Waals surface area contributed by atoms with Gasteiger partial charge in [0.2, 0.25) is 5.91 Å². The fraction of sp³-hybridized carbons (Fsp3) is 0.562. The third kappa shape index (κ3) is 4.62. The van der Waals surface area contributed by atoms with Gasteiger partial charge < -0.3 is 15.8 Å². The van der Waals surface area contributed by atoms with Crippen LogP contribution in [0.1, 0.15) is 37.4 Å². The molecule has 0 heterocycles. The molecule has 2 atom stereocenters. The zero-order chi connectivity index (χ0) is 15.1. The molecule has 1 aromatic rings. The molecular weight excluding hydrogens is 252 g/mol. The van der Waals surface area contributed by atoms with Crippen LogP contribution < -0.4 is 11.1 Å². The van der Waals surface area contributed by atoms with Crippen LogP contribution in [0.15, 0.2) is 24.3 Å². The molecule has 112 valence electrons. The van der Waals surface area contributed by atoms with Gasteiger partial charge in [0, 0.05) is 13.7 Å². The molecule has 3 N–H and O–H groups in total. The highest BCUT2D eigenvalue weighted by atomic mass is 16.5. The monoisotopic (exact) mass is 278 g/mol. The van der Waals surface area contributed by atoms with Crippen molar-refractivity contribution in [1.29, 1.82) is 0 Å². The highest BCUT2D eigenvalue weighted by Crippen LogP contribution is 2.24. The number of carbonyl (C=O) groups is 1. The summed E-state index contributed by atoms with van der Waals surface area (Å²) in [6.45, 7) is 6.62. The smallest absolute Gasteiger partial charge is 0.223 e. The van der Waals surface area contributed by atoms with E-state index >= 15 is 0 Å². The van der Waals surface area contributed by atoms with Crippen molar-refractivity contribution >= 4 is 5.91 Å². The average molecular weight is 278 g/mol. The van der Waals surface area contributed by atoms with Crippen molar-refractivity contribution in [2.75, 3.05) is 13.7 Å². The minimum atomic E-state index is -0.223. The second kappa shape index (κ2) is 8.02. The molecule has 4 heteroatoms. The van der Waals surface area contributed by atoms with Gasteiger partial charge in [-0.15, -0.1) is 0 Å². The minimum Gasteiger partial charge on any atom is -0.380 e. The van der Waals surface area contributed by atoms with Gasteiger partial charge >= 0.3 is 0 Å². The molecular formula is C16H26N2O2. The molecule has 4 nitrogen and oxygen atoms in total. The Morgan fingerprint density at radius 2 is 2.00 bits per heavy atom. The van der Waals surface area contributed by atoms with Crippen LogP contribution in [0, 0.1) is 12.8 Å². The number of aryl methyl sites for hydroxylation is 1. The first-order valence-corrected chi connectivity index (χ1v) is 7.07. The number of carbonyl (C=O) groups excluding carboxylic acids is 1. The lowest BCUT2D eigenvalue weighted by molar-refractivity contribution is -0.124. The summed E-state index contributed by atoms with van der Waals surface area (Å²) in [4.78, 5) is 12.1. The quantitative estimate of drug-likeness (QED) is 0.803. The maximum Gasteiger partial charge on any atom is 0.223 e. The van der Waals surface area contributed by atoms with Gasteiger partial charge in [0.25, 0.3) is 0 Å². The summed E-state index contributed by atoms with van der Waals surface area (Å²) in [5, 5.41) is 3.10. The third-order valence-corrected chi connectivity index (χ3v) is 3.52. The summed E-state index contributed by atoms with van der Waals surface area (Å²) in [6, 6.07) is 8.15. The zero-order valence-corrected chi connectivity index (χ0v) is 12.8. The van der Waals surface area contributed by atoms with Gasteiger partial charge in [-0.2, -0.15) is 0 Å². The second-order valence-corrected chi connectivity index (χ2v) is 5.44. The molecule has 1 aromatic carbocycles. The van der Waals surface area contributed by atoms with E-state index in [1.54, 1.807) is 7.11 Å². The first-order valence-electron chi connectivity index (χ1n) is 7.07. The summed E-state index contributed by atoms with van der Waals surface area (Å²) >= 11 is 0. The second-order valence-electron chi connectivity index (χ2n) is 5.44. The fourth-order valence-corrected chi connectivity index (χ4v) is 2.24. The number of amides is 1. The van der Waals surface area contributed by atoms with Crippen LogP contribution in [-0.4, -0.2) is 25.7 Å². The van der Waals surface area contributed by atoms with E-state index in [0.29, 0.717) is 18.9 Å². The molecule has 0 aromatic heterocycles. The summed E-state index contributed by atoms with van der Waals surface area (Å²) in [5.41, 5.74) is 7.91. The van der Waals surface area contributed by atoms with Gasteiger partial charge in [-0.05, 0) is 24.0 Å². The van der Waals surface area contributed by atoms with Crippen LogP contribution in [0.4, 0.5) is 0 Å². The molecule has 1 rings (SSSR count). The fourth-order valence-electron chi connectivity index (χ4n) is 2.24. The van der Waals surface area contributed by atoms with Gasteiger partial charge in [0.15, 0.2) is 0 Å². The summed E-state index contributed by atoms with van der Waals surface area (Å²) in [5.74, 6) is 0.295. The van der Waals surface area contributed by atoms with Gasteiger partial charge in [0.1, 0.15) is 0 Å². The Kier molecular flexibility index (Phi) is 6.68. The van der Waals surface area contributed by atoms with Crippen molar-refractivity contribution in [3.05, 3.63) is 35.4 Å². The normalized spacial score (nSPS) is 14.1. The van der Waals surface area contributed by atoms with E-state index in [2.05, 4.69) is 38.2 Å². The highest BCUT2D eigenvalue weighted by Gasteiger charge is 2.21. The lowest BCUT2D eigenvalue weighted by atomic mass is 9.92. The van der Waals surface area contributed by atoms with Crippen LogP contribution in [0.3, 0.4) is 0 Å². The van der Waals surface area contributed by atoms with Crippen molar-refractivity contribution in [2.24, 2.45) is 11.7 Å². The Balaban J connectivity index is 2.79. The number of benzene rings is 1. The molecule has 0 saturated carbocycles. The van der Waals surface area contributed by atoms with Crippen LogP contribution >= 0.6 is 0 Å². The van der Waals surface area contributed by atoms with Crippen LogP contribution in [-0.2, 0) is 9.53 Å². The van der Waals surface area contributed by atoms with Crippen molar-refractivity contribution in [1.82, 2.24) is 5.32 Å². The number of nitrogens with two attached hydrogens (primary N) is 1. The molecule has 0 aliphatic rings. The first-order chi connectivity index (χ1) is 9.49. The van der Waals surface area contributed by atoms with E-state index < -0.39 is 0 Å². The molecule has 20 heavy (non-hydrogen) atoms.